The first-order chi connectivity index (χ1) is 8.23. The third-order valence-corrected chi connectivity index (χ3v) is 2.38. The highest BCUT2D eigenvalue weighted by Crippen LogP contribution is 2.38. The summed E-state index contributed by atoms with van der Waals surface area (Å²) in [7, 11) is 0. The largest absolute Gasteiger partial charge is 0.494 e. The zero-order valence-electron chi connectivity index (χ0n) is 9.49. The van der Waals surface area contributed by atoms with E-state index < -0.39 is 23.2 Å². The molecule has 100 valence electrons. The van der Waals surface area contributed by atoms with Crippen LogP contribution in [0.1, 0.15) is 12.5 Å². The summed E-state index contributed by atoms with van der Waals surface area (Å²) in [6.45, 7) is 1.91. The van der Waals surface area contributed by atoms with Gasteiger partial charge in [-0.1, -0.05) is 12.1 Å². The minimum atomic E-state index is -5.11. The smallest absolute Gasteiger partial charge is 0.421 e. The van der Waals surface area contributed by atoms with Crippen molar-refractivity contribution in [2.45, 2.75) is 18.6 Å². The molecule has 0 saturated heterocycles. The highest BCUT2D eigenvalue weighted by Gasteiger charge is 2.59. The second-order valence-corrected chi connectivity index (χ2v) is 3.57. The van der Waals surface area contributed by atoms with Crippen molar-refractivity contribution in [3.63, 3.8) is 0 Å². The molecule has 0 aliphatic rings. The van der Waals surface area contributed by atoms with Crippen molar-refractivity contribution in [1.29, 1.82) is 0 Å². The third kappa shape index (κ3) is 2.40. The molecule has 0 fully saturated rings. The Morgan fingerprint density at radius 2 is 2.06 bits per heavy atom. The van der Waals surface area contributed by atoms with Crippen molar-refractivity contribution in [1.82, 2.24) is 0 Å². The predicted octanol–water partition coefficient (Wildman–Crippen LogP) is 1.89. The van der Waals surface area contributed by atoms with Crippen molar-refractivity contribution in [3.8, 4) is 5.75 Å². The summed E-state index contributed by atoms with van der Waals surface area (Å²) in [6, 6.07) is 4.66. The molecule has 7 heteroatoms. The molecule has 1 atom stereocenters. The number of halogens is 3. The van der Waals surface area contributed by atoms with Crippen molar-refractivity contribution >= 4 is 5.97 Å². The first-order valence-corrected chi connectivity index (χ1v) is 5.05. The summed E-state index contributed by atoms with van der Waals surface area (Å²) >= 11 is 0. The second-order valence-electron chi connectivity index (χ2n) is 3.57. The van der Waals surface area contributed by atoms with Gasteiger partial charge in [0.2, 0.25) is 5.54 Å². The maximum Gasteiger partial charge on any atom is 0.421 e. The van der Waals surface area contributed by atoms with Gasteiger partial charge in [0, 0.05) is 0 Å². The first kappa shape index (κ1) is 14.3. The number of carboxylic acid groups (broad SMARTS) is 1. The van der Waals surface area contributed by atoms with Gasteiger partial charge in [0.1, 0.15) is 5.75 Å². The Morgan fingerprint density at radius 3 is 2.50 bits per heavy atom. The number of carbonyl (C=O) groups is 1. The van der Waals surface area contributed by atoms with Crippen LogP contribution in [0, 0.1) is 0 Å². The maximum absolute atomic E-state index is 12.8. The molecule has 1 rings (SSSR count). The third-order valence-electron chi connectivity index (χ3n) is 2.38. The highest BCUT2D eigenvalue weighted by molar-refractivity contribution is 5.81. The van der Waals surface area contributed by atoms with Gasteiger partial charge in [0.25, 0.3) is 0 Å². The summed E-state index contributed by atoms with van der Waals surface area (Å²) in [6.07, 6.45) is -5.11. The van der Waals surface area contributed by atoms with Crippen LogP contribution in [0.15, 0.2) is 24.3 Å². The Balaban J connectivity index is 3.31. The Morgan fingerprint density at radius 1 is 1.44 bits per heavy atom. The minimum absolute atomic E-state index is 0.135. The molecule has 1 aromatic rings. The number of ether oxygens (including phenoxy) is 1. The zero-order chi connectivity index (χ0) is 14.0. The van der Waals surface area contributed by atoms with E-state index in [9.17, 15) is 18.0 Å². The van der Waals surface area contributed by atoms with E-state index in [1.807, 2.05) is 0 Å². The average molecular weight is 263 g/mol. The van der Waals surface area contributed by atoms with Gasteiger partial charge < -0.3 is 15.6 Å². The Bertz CT molecular complexity index is 447. The summed E-state index contributed by atoms with van der Waals surface area (Å²) < 4.78 is 43.5. The van der Waals surface area contributed by atoms with Crippen molar-refractivity contribution < 1.29 is 27.8 Å². The number of rotatable bonds is 4. The van der Waals surface area contributed by atoms with Crippen LogP contribution in [-0.2, 0) is 10.3 Å². The van der Waals surface area contributed by atoms with Crippen LogP contribution in [0.25, 0.3) is 0 Å². The molecule has 0 radical (unpaired) electrons. The van der Waals surface area contributed by atoms with Crippen LogP contribution in [-0.4, -0.2) is 23.9 Å². The molecule has 0 bridgehead atoms. The molecule has 0 aromatic heterocycles. The highest BCUT2D eigenvalue weighted by atomic mass is 19.4. The summed E-state index contributed by atoms with van der Waals surface area (Å²) in [4.78, 5) is 10.9. The normalized spacial score (nSPS) is 14.9. The Hall–Kier alpha value is -1.76. The van der Waals surface area contributed by atoms with E-state index in [1.165, 1.54) is 12.1 Å². The van der Waals surface area contributed by atoms with E-state index in [-0.39, 0.29) is 12.4 Å². The van der Waals surface area contributed by atoms with E-state index in [4.69, 9.17) is 15.6 Å². The zero-order valence-corrected chi connectivity index (χ0v) is 9.49. The summed E-state index contributed by atoms with van der Waals surface area (Å²) in [5, 5.41) is 8.76. The lowest BCUT2D eigenvalue weighted by molar-refractivity contribution is -0.204. The van der Waals surface area contributed by atoms with Gasteiger partial charge in [-0.05, 0) is 24.6 Å². The molecule has 4 nitrogen and oxygen atoms in total. The van der Waals surface area contributed by atoms with E-state index in [1.54, 1.807) is 6.92 Å². The van der Waals surface area contributed by atoms with Gasteiger partial charge in [-0.15, -0.1) is 0 Å². The molecular formula is C11H12F3NO3. The number of aliphatic carboxylic acids is 1. The topological polar surface area (TPSA) is 72.5 Å². The number of carboxylic acids is 1. The lowest BCUT2D eigenvalue weighted by atomic mass is 9.90. The molecule has 1 aromatic carbocycles. The fourth-order valence-corrected chi connectivity index (χ4v) is 1.41. The summed E-state index contributed by atoms with van der Waals surface area (Å²) in [5.74, 6) is -2.03. The number of nitrogens with two attached hydrogens (primary N) is 1. The van der Waals surface area contributed by atoms with Crippen molar-refractivity contribution in [2.24, 2.45) is 5.73 Å². The van der Waals surface area contributed by atoms with Gasteiger partial charge in [-0.2, -0.15) is 13.2 Å². The van der Waals surface area contributed by atoms with Gasteiger partial charge >= 0.3 is 12.1 Å². The fourth-order valence-electron chi connectivity index (χ4n) is 1.41. The van der Waals surface area contributed by atoms with Crippen LogP contribution in [0.4, 0.5) is 13.2 Å². The monoisotopic (exact) mass is 263 g/mol. The van der Waals surface area contributed by atoms with Crippen molar-refractivity contribution in [2.75, 3.05) is 6.61 Å². The maximum atomic E-state index is 12.8. The van der Waals surface area contributed by atoms with E-state index >= 15 is 0 Å². The molecule has 18 heavy (non-hydrogen) atoms. The van der Waals surface area contributed by atoms with Gasteiger partial charge in [0.15, 0.2) is 0 Å². The fraction of sp³-hybridized carbons (Fsp3) is 0.364. The molecule has 0 heterocycles. The number of alkyl halides is 3. The van der Waals surface area contributed by atoms with Gasteiger partial charge in [0.05, 0.1) is 6.61 Å². The lowest BCUT2D eigenvalue weighted by Crippen LogP contribution is -2.56. The standard InChI is InChI=1S/C11H12F3NO3/c1-2-18-8-5-3-4-7(6-8)10(15,9(16)17)11(12,13)14/h3-6H,2,15H2,1H3,(H,16,17). The van der Waals surface area contributed by atoms with Gasteiger partial charge in [-0.3, -0.25) is 0 Å². The van der Waals surface area contributed by atoms with Crippen LogP contribution in [0.3, 0.4) is 0 Å². The molecule has 0 aliphatic heterocycles. The quantitative estimate of drug-likeness (QED) is 0.870. The van der Waals surface area contributed by atoms with Crippen LogP contribution in [0.5, 0.6) is 5.75 Å². The average Bonchev–Trinajstić information content (AvgIpc) is 2.27. The van der Waals surface area contributed by atoms with Crippen LogP contribution >= 0.6 is 0 Å². The molecule has 0 aliphatic carbocycles. The predicted molar refractivity (Wildman–Crippen MR) is 57.2 cm³/mol. The second kappa shape index (κ2) is 4.85. The Kier molecular flexibility index (Phi) is 3.85. The van der Waals surface area contributed by atoms with E-state index in [2.05, 4.69) is 0 Å². The minimum Gasteiger partial charge on any atom is -0.494 e. The van der Waals surface area contributed by atoms with Crippen LogP contribution in [0.2, 0.25) is 0 Å². The van der Waals surface area contributed by atoms with Crippen molar-refractivity contribution in [3.05, 3.63) is 29.8 Å². The molecule has 0 amide bonds. The molecule has 0 saturated carbocycles. The SMILES string of the molecule is CCOc1cccc(C(N)(C(=O)O)C(F)(F)F)c1. The Labute approximate surface area is 101 Å². The molecule has 3 N–H and O–H groups in total. The van der Waals surface area contributed by atoms with E-state index in [0.29, 0.717) is 0 Å². The lowest BCUT2D eigenvalue weighted by Gasteiger charge is -2.28. The number of hydrogen-bond donors (Lipinski definition) is 2. The van der Waals surface area contributed by atoms with Crippen LogP contribution < -0.4 is 10.5 Å². The summed E-state index contributed by atoms with van der Waals surface area (Å²) in [5.41, 5.74) is 1.00. The number of hydrogen-bond acceptors (Lipinski definition) is 3. The van der Waals surface area contributed by atoms with Gasteiger partial charge in [-0.25, -0.2) is 4.79 Å². The van der Waals surface area contributed by atoms with E-state index in [0.717, 1.165) is 12.1 Å². The molecular weight excluding hydrogens is 251 g/mol. The first-order valence-electron chi connectivity index (χ1n) is 5.05. The molecule has 1 unspecified atom stereocenters. The number of benzene rings is 1. The molecule has 0 spiro atoms.